The number of rotatable bonds is 5. The number of carbonyl (C=O) groups excluding carboxylic acids is 1. The highest BCUT2D eigenvalue weighted by atomic mass is 19.1. The molecule has 3 N–H and O–H groups in total. The van der Waals surface area contributed by atoms with Crippen molar-refractivity contribution in [3.8, 4) is 11.3 Å². The highest BCUT2D eigenvalue weighted by Gasteiger charge is 2.19. The summed E-state index contributed by atoms with van der Waals surface area (Å²) in [7, 11) is 0. The Morgan fingerprint density at radius 2 is 1.82 bits per heavy atom. The van der Waals surface area contributed by atoms with Gasteiger partial charge in [-0.1, -0.05) is 26.4 Å². The van der Waals surface area contributed by atoms with Crippen LogP contribution < -0.4 is 16.3 Å². The first kappa shape index (κ1) is 25.5. The lowest BCUT2D eigenvalue weighted by Crippen LogP contribution is -2.37. The number of carbonyl (C=O) groups is 1. The van der Waals surface area contributed by atoms with Gasteiger partial charge in [-0.25, -0.2) is 9.37 Å². The van der Waals surface area contributed by atoms with Crippen LogP contribution in [0.2, 0.25) is 0 Å². The Kier molecular flexibility index (Phi) is 7.02. The average molecular weight is 526 g/mol. The molecule has 0 unspecified atom stereocenters. The van der Waals surface area contributed by atoms with Crippen LogP contribution in [0.3, 0.4) is 0 Å². The van der Waals surface area contributed by atoms with Crippen LogP contribution in [0.5, 0.6) is 0 Å². The zero-order valence-corrected chi connectivity index (χ0v) is 21.3. The number of nitrogens with one attached hydrogen (secondary N) is 3. The minimum atomic E-state index is -0.606. The summed E-state index contributed by atoms with van der Waals surface area (Å²) in [5.41, 5.74) is 8.62. The molecule has 0 bridgehead atoms. The maximum Gasteiger partial charge on any atom is 0.275 e. The van der Waals surface area contributed by atoms with Crippen molar-refractivity contribution in [2.45, 2.75) is 26.2 Å². The van der Waals surface area contributed by atoms with Gasteiger partial charge in [-0.15, -0.1) is 10.2 Å². The van der Waals surface area contributed by atoms with Crippen LogP contribution in [0.1, 0.15) is 42.5 Å². The van der Waals surface area contributed by atoms with Gasteiger partial charge in [0.15, 0.2) is 5.82 Å². The normalized spacial score (nSPS) is 14.3. The van der Waals surface area contributed by atoms with Gasteiger partial charge in [0.05, 0.1) is 29.0 Å². The molecule has 0 fully saturated rings. The van der Waals surface area contributed by atoms with Crippen LogP contribution in [-0.2, 0) is 10.3 Å². The Bertz CT molecular complexity index is 1550. The number of nitrogens with zero attached hydrogens (tertiary/aromatic N) is 6. The van der Waals surface area contributed by atoms with E-state index in [1.807, 2.05) is 32.9 Å². The van der Waals surface area contributed by atoms with Crippen LogP contribution in [0.15, 0.2) is 78.3 Å². The van der Waals surface area contributed by atoms with E-state index in [-0.39, 0.29) is 22.7 Å². The van der Waals surface area contributed by atoms with Crippen molar-refractivity contribution in [2.75, 3.05) is 5.32 Å². The van der Waals surface area contributed by atoms with E-state index in [4.69, 9.17) is 4.84 Å². The molecule has 0 aliphatic carbocycles. The molecule has 5 rings (SSSR count). The quantitative estimate of drug-likeness (QED) is 0.351. The summed E-state index contributed by atoms with van der Waals surface area (Å²) in [5, 5.41) is 10.9. The number of halogens is 1. The number of pyridine rings is 1. The number of anilines is 1. The van der Waals surface area contributed by atoms with Gasteiger partial charge in [0, 0.05) is 41.2 Å². The number of hydrogen-bond acceptors (Lipinski definition) is 10. The summed E-state index contributed by atoms with van der Waals surface area (Å²) in [6.07, 6.45) is 7.87. The lowest BCUT2D eigenvalue weighted by atomic mass is 9.93. The molecule has 1 amide bonds. The zero-order chi connectivity index (χ0) is 27.4. The van der Waals surface area contributed by atoms with Crippen molar-refractivity contribution in [3.63, 3.8) is 0 Å². The van der Waals surface area contributed by atoms with E-state index in [2.05, 4.69) is 46.5 Å². The minimum Gasteiger partial charge on any atom is -0.369 e. The molecule has 1 aliphatic rings. The molecule has 1 aromatic carbocycles. The van der Waals surface area contributed by atoms with E-state index in [9.17, 15) is 9.18 Å². The van der Waals surface area contributed by atoms with E-state index in [1.165, 1.54) is 18.3 Å². The summed E-state index contributed by atoms with van der Waals surface area (Å²) in [4.78, 5) is 34.9. The number of benzene rings is 1. The van der Waals surface area contributed by atoms with Crippen LogP contribution in [0, 0.1) is 5.82 Å². The first-order chi connectivity index (χ1) is 18.8. The van der Waals surface area contributed by atoms with Crippen molar-refractivity contribution < 1.29 is 14.0 Å². The number of hydrogen-bond donors (Lipinski definition) is 3. The second-order valence-electron chi connectivity index (χ2n) is 9.54. The molecule has 0 atom stereocenters. The summed E-state index contributed by atoms with van der Waals surface area (Å²) in [6.45, 7) is 5.98. The van der Waals surface area contributed by atoms with Gasteiger partial charge in [-0.05, 0) is 42.5 Å². The first-order valence-corrected chi connectivity index (χ1v) is 11.9. The second kappa shape index (κ2) is 10.7. The fourth-order valence-electron chi connectivity index (χ4n) is 3.51. The van der Waals surface area contributed by atoms with Crippen molar-refractivity contribution in [2.24, 2.45) is 4.99 Å². The Morgan fingerprint density at radius 1 is 1.00 bits per heavy atom. The van der Waals surface area contributed by atoms with Crippen molar-refractivity contribution in [1.29, 1.82) is 0 Å². The third kappa shape index (κ3) is 6.08. The van der Waals surface area contributed by atoms with Gasteiger partial charge in [0.2, 0.25) is 5.90 Å². The predicted molar refractivity (Wildman–Crippen MR) is 143 cm³/mol. The summed E-state index contributed by atoms with van der Waals surface area (Å²) < 4.78 is 14.6. The molecule has 0 saturated heterocycles. The molecular formula is C27H24FN9O2. The van der Waals surface area contributed by atoms with Crippen LogP contribution in [0.25, 0.3) is 17.0 Å². The molecule has 0 spiro atoms. The van der Waals surface area contributed by atoms with E-state index in [0.29, 0.717) is 22.8 Å². The molecule has 196 valence electrons. The number of hydrazine groups is 1. The van der Waals surface area contributed by atoms with E-state index in [0.717, 1.165) is 11.3 Å². The van der Waals surface area contributed by atoms with Gasteiger partial charge >= 0.3 is 0 Å². The van der Waals surface area contributed by atoms with Crippen LogP contribution in [-0.4, -0.2) is 37.0 Å². The molecule has 1 aliphatic heterocycles. The molecular weight excluding hydrogens is 501 g/mol. The molecule has 12 heteroatoms. The van der Waals surface area contributed by atoms with E-state index >= 15 is 0 Å². The lowest BCUT2D eigenvalue weighted by molar-refractivity contribution is 0.102. The Hall–Kier alpha value is -5.10. The van der Waals surface area contributed by atoms with Crippen LogP contribution in [0.4, 0.5) is 15.9 Å². The monoisotopic (exact) mass is 525 g/mol. The standard InChI is InChI=1S/C27H24FN9O2/c1-27(2,3)23-15-30-22(14-31-23)26(38)32-21-12-17(4-5-18(21)28)20-13-25(39-37-35-20)33-24-7-6-19(34-36-24)16-8-10-29-11-9-16/h4-15,35,37H,1-3H3,(H,32,38). The fraction of sp³-hybridized carbons (Fsp3) is 0.148. The van der Waals surface area contributed by atoms with E-state index in [1.54, 1.807) is 42.9 Å². The molecule has 39 heavy (non-hydrogen) atoms. The summed E-state index contributed by atoms with van der Waals surface area (Å²) in [6, 6.07) is 11.4. The SMILES string of the molecule is CC(C)(C)c1cnc(C(=O)Nc2cc(C3=CC(=Nc4ccc(-c5ccncc5)nn4)ONN3)ccc2F)cn1. The van der Waals surface area contributed by atoms with E-state index < -0.39 is 11.7 Å². The second-order valence-corrected chi connectivity index (χ2v) is 9.54. The highest BCUT2D eigenvalue weighted by molar-refractivity contribution is 6.03. The summed E-state index contributed by atoms with van der Waals surface area (Å²) >= 11 is 0. The third-order valence-corrected chi connectivity index (χ3v) is 5.64. The largest absolute Gasteiger partial charge is 0.369 e. The average Bonchev–Trinajstić information content (AvgIpc) is 2.95. The topological polar surface area (TPSA) is 139 Å². The molecule has 3 aromatic heterocycles. The molecule has 0 radical (unpaired) electrons. The van der Waals surface area contributed by atoms with Gasteiger partial charge in [-0.3, -0.25) is 20.2 Å². The Balaban J connectivity index is 1.33. The van der Waals surface area contributed by atoms with Gasteiger partial charge in [0.25, 0.3) is 5.91 Å². The molecule has 4 aromatic rings. The van der Waals surface area contributed by atoms with Gasteiger partial charge in [-0.2, -0.15) is 4.99 Å². The van der Waals surface area contributed by atoms with Crippen molar-refractivity contribution in [3.05, 3.63) is 96.1 Å². The smallest absolute Gasteiger partial charge is 0.275 e. The molecule has 0 saturated carbocycles. The Morgan fingerprint density at radius 3 is 2.51 bits per heavy atom. The van der Waals surface area contributed by atoms with Crippen molar-refractivity contribution >= 4 is 29.0 Å². The predicted octanol–water partition coefficient (Wildman–Crippen LogP) is 4.13. The minimum absolute atomic E-state index is 0.0237. The fourth-order valence-corrected chi connectivity index (χ4v) is 3.51. The number of aromatic nitrogens is 5. The molecule has 11 nitrogen and oxygen atoms in total. The first-order valence-electron chi connectivity index (χ1n) is 11.9. The van der Waals surface area contributed by atoms with Gasteiger partial charge in [0.1, 0.15) is 11.5 Å². The van der Waals surface area contributed by atoms with Gasteiger partial charge < -0.3 is 10.2 Å². The number of aliphatic imine (C=N–C) groups is 1. The number of amides is 1. The Labute approximate surface area is 223 Å². The third-order valence-electron chi connectivity index (χ3n) is 5.64. The molecule has 4 heterocycles. The summed E-state index contributed by atoms with van der Waals surface area (Å²) in [5.74, 6) is -0.667. The maximum absolute atomic E-state index is 14.6. The maximum atomic E-state index is 14.6. The van der Waals surface area contributed by atoms with Crippen molar-refractivity contribution in [1.82, 2.24) is 36.2 Å². The zero-order valence-electron chi connectivity index (χ0n) is 21.3. The lowest BCUT2D eigenvalue weighted by Gasteiger charge is -2.19. The highest BCUT2D eigenvalue weighted by Crippen LogP contribution is 2.23. The van der Waals surface area contributed by atoms with Crippen LogP contribution >= 0.6 is 0 Å².